The lowest BCUT2D eigenvalue weighted by molar-refractivity contribution is -0.136. The number of esters is 1. The van der Waals surface area contributed by atoms with Crippen LogP contribution in [0.3, 0.4) is 0 Å². The molecule has 0 saturated carbocycles. The molecule has 2 aromatic rings. The van der Waals surface area contributed by atoms with Gasteiger partial charge in [-0.3, -0.25) is 0 Å². The molecule has 0 amide bonds. The first-order valence-electron chi connectivity index (χ1n) is 7.13. The summed E-state index contributed by atoms with van der Waals surface area (Å²) in [6, 6.07) is 17.0. The number of methoxy groups -OCH3 is 2. The quantitative estimate of drug-likeness (QED) is 0.492. The van der Waals surface area contributed by atoms with Gasteiger partial charge >= 0.3 is 5.97 Å². The molecule has 0 radical (unpaired) electrons. The average Bonchev–Trinajstić information content (AvgIpc) is 2.62. The van der Waals surface area contributed by atoms with Gasteiger partial charge in [0, 0.05) is 11.1 Å². The van der Waals surface area contributed by atoms with Gasteiger partial charge in [0.2, 0.25) is 0 Å². The van der Waals surface area contributed by atoms with Crippen LogP contribution in [0.1, 0.15) is 17.0 Å². The highest BCUT2D eigenvalue weighted by Crippen LogP contribution is 2.23. The van der Waals surface area contributed by atoms with Crippen molar-refractivity contribution in [2.45, 2.75) is 5.92 Å². The summed E-state index contributed by atoms with van der Waals surface area (Å²) in [6.45, 7) is 3.84. The third-order valence-electron chi connectivity index (χ3n) is 3.38. The van der Waals surface area contributed by atoms with Crippen molar-refractivity contribution >= 4 is 5.97 Å². The molecule has 0 aliphatic carbocycles. The normalized spacial score (nSPS) is 10.9. The second-order valence-electron chi connectivity index (χ2n) is 4.86. The number of benzene rings is 2. The monoisotopic (exact) mass is 306 g/mol. The molecule has 3 heteroatoms. The van der Waals surface area contributed by atoms with Crippen molar-refractivity contribution in [2.24, 2.45) is 0 Å². The minimum atomic E-state index is -0.456. The molecule has 0 aromatic heterocycles. The maximum Gasteiger partial charge on any atom is 0.334 e. The van der Waals surface area contributed by atoms with E-state index in [9.17, 15) is 4.79 Å². The van der Waals surface area contributed by atoms with Gasteiger partial charge in [-0.2, -0.15) is 0 Å². The lowest BCUT2D eigenvalue weighted by Gasteiger charge is -2.12. The molecule has 1 atom stereocenters. The summed E-state index contributed by atoms with van der Waals surface area (Å²) in [5, 5.41) is 0. The number of rotatable bonds is 4. The summed E-state index contributed by atoms with van der Waals surface area (Å²) in [5.41, 5.74) is 2.06. The van der Waals surface area contributed by atoms with Crippen LogP contribution in [-0.2, 0) is 9.53 Å². The van der Waals surface area contributed by atoms with Crippen LogP contribution in [0.25, 0.3) is 0 Å². The van der Waals surface area contributed by atoms with E-state index in [-0.39, 0.29) is 0 Å². The van der Waals surface area contributed by atoms with Crippen molar-refractivity contribution in [3.05, 3.63) is 77.9 Å². The van der Waals surface area contributed by atoms with E-state index in [1.54, 1.807) is 7.11 Å². The summed E-state index contributed by atoms with van der Waals surface area (Å²) < 4.78 is 9.90. The molecular formula is C20H18O3. The zero-order valence-electron chi connectivity index (χ0n) is 13.2. The molecule has 0 saturated heterocycles. The van der Waals surface area contributed by atoms with Crippen molar-refractivity contribution in [3.8, 4) is 17.6 Å². The van der Waals surface area contributed by atoms with Gasteiger partial charge in [0.1, 0.15) is 5.75 Å². The Morgan fingerprint density at radius 1 is 1.04 bits per heavy atom. The molecule has 0 aliphatic heterocycles. The zero-order valence-corrected chi connectivity index (χ0v) is 13.2. The molecule has 0 N–H and O–H groups in total. The van der Waals surface area contributed by atoms with Crippen LogP contribution in [0, 0.1) is 11.8 Å². The van der Waals surface area contributed by atoms with Crippen LogP contribution < -0.4 is 4.74 Å². The summed E-state index contributed by atoms with van der Waals surface area (Å²) in [5.74, 6) is 6.10. The lowest BCUT2D eigenvalue weighted by atomic mass is 9.92. The van der Waals surface area contributed by atoms with Crippen LogP contribution in [0.4, 0.5) is 0 Å². The van der Waals surface area contributed by atoms with Crippen LogP contribution in [-0.4, -0.2) is 20.2 Å². The first kappa shape index (κ1) is 16.4. The molecule has 2 aromatic carbocycles. The molecule has 0 aliphatic rings. The molecular weight excluding hydrogens is 288 g/mol. The molecule has 23 heavy (non-hydrogen) atoms. The Kier molecular flexibility index (Phi) is 5.60. The molecule has 0 heterocycles. The Labute approximate surface area is 136 Å². The first-order valence-corrected chi connectivity index (χ1v) is 7.13. The number of ether oxygens (including phenoxy) is 2. The first-order chi connectivity index (χ1) is 11.2. The van der Waals surface area contributed by atoms with Crippen molar-refractivity contribution in [3.63, 3.8) is 0 Å². The SMILES string of the molecule is C=C(C(=O)OC)[C@H](C#Cc1ccc(OC)cc1)c1ccccc1. The Bertz CT molecular complexity index is 734. The van der Waals surface area contributed by atoms with Gasteiger partial charge in [0.15, 0.2) is 0 Å². The minimum Gasteiger partial charge on any atom is -0.497 e. The molecule has 116 valence electrons. The van der Waals surface area contributed by atoms with Crippen LogP contribution in [0.5, 0.6) is 5.75 Å². The number of carbonyl (C=O) groups is 1. The van der Waals surface area contributed by atoms with E-state index in [4.69, 9.17) is 9.47 Å². The Hall–Kier alpha value is -2.99. The van der Waals surface area contributed by atoms with Gasteiger partial charge < -0.3 is 9.47 Å². The maximum absolute atomic E-state index is 11.8. The molecule has 0 fully saturated rings. The van der Waals surface area contributed by atoms with Crippen molar-refractivity contribution in [1.29, 1.82) is 0 Å². The maximum atomic E-state index is 11.8. The van der Waals surface area contributed by atoms with E-state index in [1.165, 1.54) is 7.11 Å². The predicted octanol–water partition coefficient (Wildman–Crippen LogP) is 3.56. The summed E-state index contributed by atoms with van der Waals surface area (Å²) in [7, 11) is 2.96. The van der Waals surface area contributed by atoms with Crippen LogP contribution in [0.2, 0.25) is 0 Å². The van der Waals surface area contributed by atoms with Crippen molar-refractivity contribution in [2.75, 3.05) is 14.2 Å². The fourth-order valence-electron chi connectivity index (χ4n) is 2.10. The van der Waals surface area contributed by atoms with E-state index >= 15 is 0 Å². The second-order valence-corrected chi connectivity index (χ2v) is 4.86. The third kappa shape index (κ3) is 4.24. The number of hydrogen-bond acceptors (Lipinski definition) is 3. The fraction of sp³-hybridized carbons (Fsp3) is 0.150. The lowest BCUT2D eigenvalue weighted by Crippen LogP contribution is -2.11. The summed E-state index contributed by atoms with van der Waals surface area (Å²) in [6.07, 6.45) is 0. The highest BCUT2D eigenvalue weighted by atomic mass is 16.5. The summed E-state index contributed by atoms with van der Waals surface area (Å²) in [4.78, 5) is 11.8. The standard InChI is InChI=1S/C20H18O3/c1-15(20(21)23-3)19(17-7-5-4-6-8-17)14-11-16-9-12-18(22-2)13-10-16/h4-10,12-13,19H,1H2,2-3H3/t19-/m0/s1. The predicted molar refractivity (Wildman–Crippen MR) is 90.2 cm³/mol. The fourth-order valence-corrected chi connectivity index (χ4v) is 2.10. The highest BCUT2D eigenvalue weighted by Gasteiger charge is 2.19. The average molecular weight is 306 g/mol. The minimum absolute atomic E-state index is 0.319. The Balaban J connectivity index is 2.33. The van der Waals surface area contributed by atoms with Crippen molar-refractivity contribution < 1.29 is 14.3 Å². The number of carbonyl (C=O) groups excluding carboxylic acids is 1. The van der Waals surface area contributed by atoms with Gasteiger partial charge in [-0.05, 0) is 29.8 Å². The van der Waals surface area contributed by atoms with E-state index < -0.39 is 11.9 Å². The zero-order chi connectivity index (χ0) is 16.7. The molecule has 0 bridgehead atoms. The van der Waals surface area contributed by atoms with E-state index in [0.717, 1.165) is 16.9 Å². The Morgan fingerprint density at radius 3 is 2.26 bits per heavy atom. The highest BCUT2D eigenvalue weighted by molar-refractivity contribution is 5.90. The largest absolute Gasteiger partial charge is 0.497 e. The van der Waals surface area contributed by atoms with Crippen LogP contribution >= 0.6 is 0 Å². The van der Waals surface area contributed by atoms with Crippen LogP contribution in [0.15, 0.2) is 66.7 Å². The van der Waals surface area contributed by atoms with E-state index in [0.29, 0.717) is 5.57 Å². The van der Waals surface area contributed by atoms with Gasteiger partial charge in [-0.15, -0.1) is 0 Å². The molecule has 3 nitrogen and oxygen atoms in total. The third-order valence-corrected chi connectivity index (χ3v) is 3.38. The molecule has 0 spiro atoms. The second kappa shape index (κ2) is 7.86. The van der Waals surface area contributed by atoms with E-state index in [2.05, 4.69) is 18.4 Å². The smallest absolute Gasteiger partial charge is 0.334 e. The topological polar surface area (TPSA) is 35.5 Å². The van der Waals surface area contributed by atoms with Gasteiger partial charge in [0.05, 0.1) is 20.1 Å². The number of hydrogen-bond donors (Lipinski definition) is 0. The van der Waals surface area contributed by atoms with E-state index in [1.807, 2.05) is 54.6 Å². The van der Waals surface area contributed by atoms with Gasteiger partial charge in [-0.25, -0.2) is 4.79 Å². The van der Waals surface area contributed by atoms with Crippen molar-refractivity contribution in [1.82, 2.24) is 0 Å². The molecule has 2 rings (SSSR count). The Morgan fingerprint density at radius 2 is 1.70 bits per heavy atom. The van der Waals surface area contributed by atoms with Gasteiger partial charge in [0.25, 0.3) is 0 Å². The van der Waals surface area contributed by atoms with Gasteiger partial charge in [-0.1, -0.05) is 48.8 Å². The summed E-state index contributed by atoms with van der Waals surface area (Å²) >= 11 is 0. The molecule has 0 unspecified atom stereocenters.